The predicted octanol–water partition coefficient (Wildman–Crippen LogP) is 2.88. The minimum absolute atomic E-state index is 0.254. The van der Waals surface area contributed by atoms with Crippen LogP contribution in [0.4, 0.5) is 11.5 Å². The number of anilines is 2. The Morgan fingerprint density at radius 3 is 2.77 bits per heavy atom. The molecule has 1 fully saturated rings. The Hall–Kier alpha value is -3.13. The van der Waals surface area contributed by atoms with Gasteiger partial charge in [-0.2, -0.15) is 0 Å². The van der Waals surface area contributed by atoms with Gasteiger partial charge >= 0.3 is 0 Å². The fraction of sp³-hybridized carbons (Fsp3) is 0.409. The maximum Gasteiger partial charge on any atom is 0.260 e. The summed E-state index contributed by atoms with van der Waals surface area (Å²) in [5, 5.41) is 6.41. The van der Waals surface area contributed by atoms with E-state index < -0.39 is 0 Å². The van der Waals surface area contributed by atoms with E-state index in [0.29, 0.717) is 35.8 Å². The van der Waals surface area contributed by atoms with Gasteiger partial charge < -0.3 is 24.7 Å². The fourth-order valence-electron chi connectivity index (χ4n) is 3.98. The summed E-state index contributed by atoms with van der Waals surface area (Å²) in [7, 11) is 0. The number of nitrogens with one attached hydrogen (secondary N) is 2. The number of amides is 1. The van der Waals surface area contributed by atoms with Crippen molar-refractivity contribution in [3.8, 4) is 5.75 Å². The molecular formula is C22H28N6O2. The molecule has 3 aromatic rings. The molecule has 0 aliphatic carbocycles. The molecule has 1 aliphatic heterocycles. The lowest BCUT2D eigenvalue weighted by molar-refractivity contribution is 0.102. The molecule has 0 bridgehead atoms. The van der Waals surface area contributed by atoms with Gasteiger partial charge in [-0.25, -0.2) is 9.97 Å². The number of carbonyl (C=O) groups excluding carboxylic acids is 1. The summed E-state index contributed by atoms with van der Waals surface area (Å²) < 4.78 is 7.66. The number of aryl methyl sites for hydroxylation is 1. The van der Waals surface area contributed by atoms with Crippen molar-refractivity contribution >= 4 is 23.1 Å². The molecule has 0 saturated carbocycles. The van der Waals surface area contributed by atoms with Crippen LogP contribution in [-0.2, 0) is 0 Å². The van der Waals surface area contributed by atoms with Crippen molar-refractivity contribution in [2.24, 2.45) is 0 Å². The fourth-order valence-corrected chi connectivity index (χ4v) is 3.98. The summed E-state index contributed by atoms with van der Waals surface area (Å²) in [6, 6.07) is 6.57. The van der Waals surface area contributed by atoms with Crippen LogP contribution in [0.5, 0.6) is 5.75 Å². The highest BCUT2D eigenvalue weighted by Gasteiger charge is 2.23. The number of carbonyl (C=O) groups is 1. The normalized spacial score (nSPS) is 19.1. The zero-order valence-corrected chi connectivity index (χ0v) is 17.8. The number of aromatic nitrogens is 3. The number of rotatable bonds is 5. The van der Waals surface area contributed by atoms with Crippen molar-refractivity contribution in [3.05, 3.63) is 48.0 Å². The van der Waals surface area contributed by atoms with E-state index in [0.717, 1.165) is 30.1 Å². The summed E-state index contributed by atoms with van der Waals surface area (Å²) in [5.74, 6) is 0.780. The molecule has 3 heterocycles. The molecule has 8 nitrogen and oxygen atoms in total. The number of nitrogens with zero attached hydrogens (tertiary/aromatic N) is 4. The lowest BCUT2D eigenvalue weighted by Crippen LogP contribution is -2.54. The van der Waals surface area contributed by atoms with E-state index >= 15 is 0 Å². The van der Waals surface area contributed by atoms with Crippen LogP contribution >= 0.6 is 0 Å². The Labute approximate surface area is 176 Å². The first-order valence-electron chi connectivity index (χ1n) is 10.3. The van der Waals surface area contributed by atoms with E-state index in [9.17, 15) is 4.79 Å². The average Bonchev–Trinajstić information content (AvgIpc) is 3.06. The summed E-state index contributed by atoms with van der Waals surface area (Å²) >= 11 is 0. The highest BCUT2D eigenvalue weighted by Crippen LogP contribution is 2.28. The van der Waals surface area contributed by atoms with Crippen LogP contribution in [0, 0.1) is 6.92 Å². The summed E-state index contributed by atoms with van der Waals surface area (Å²) in [5.41, 5.74) is 3.18. The molecular weight excluding hydrogens is 380 g/mol. The van der Waals surface area contributed by atoms with E-state index in [1.54, 1.807) is 12.4 Å². The Balaban J connectivity index is 1.57. The first-order valence-corrected chi connectivity index (χ1v) is 10.3. The van der Waals surface area contributed by atoms with Gasteiger partial charge in [-0.1, -0.05) is 0 Å². The third-order valence-corrected chi connectivity index (χ3v) is 5.14. The van der Waals surface area contributed by atoms with Gasteiger partial charge in [0.15, 0.2) is 5.65 Å². The summed E-state index contributed by atoms with van der Waals surface area (Å²) in [4.78, 5) is 23.9. The molecule has 0 spiro atoms. The minimum atomic E-state index is -0.254. The molecule has 1 aromatic carbocycles. The van der Waals surface area contributed by atoms with Crippen LogP contribution in [0.15, 0.2) is 36.8 Å². The van der Waals surface area contributed by atoms with Gasteiger partial charge in [0.25, 0.3) is 5.91 Å². The molecule has 1 saturated heterocycles. The van der Waals surface area contributed by atoms with Crippen molar-refractivity contribution in [1.82, 2.24) is 19.7 Å². The lowest BCUT2D eigenvalue weighted by atomic mass is 10.1. The second-order valence-electron chi connectivity index (χ2n) is 7.86. The predicted molar refractivity (Wildman–Crippen MR) is 118 cm³/mol. The topological polar surface area (TPSA) is 83.8 Å². The van der Waals surface area contributed by atoms with Crippen LogP contribution in [0.25, 0.3) is 5.65 Å². The van der Waals surface area contributed by atoms with Crippen molar-refractivity contribution < 1.29 is 9.53 Å². The van der Waals surface area contributed by atoms with Crippen LogP contribution in [-0.4, -0.2) is 52.1 Å². The number of hydrogen-bond acceptors (Lipinski definition) is 6. The molecule has 2 unspecified atom stereocenters. The van der Waals surface area contributed by atoms with Crippen LogP contribution in [0.3, 0.4) is 0 Å². The second kappa shape index (κ2) is 8.31. The average molecular weight is 409 g/mol. The van der Waals surface area contributed by atoms with Gasteiger partial charge in [0, 0.05) is 43.1 Å². The molecule has 1 aliphatic rings. The van der Waals surface area contributed by atoms with E-state index in [1.807, 2.05) is 42.6 Å². The van der Waals surface area contributed by atoms with Gasteiger partial charge in [0.05, 0.1) is 30.3 Å². The van der Waals surface area contributed by atoms with Crippen molar-refractivity contribution in [2.45, 2.75) is 39.8 Å². The molecule has 1 amide bonds. The summed E-state index contributed by atoms with van der Waals surface area (Å²) in [6.45, 7) is 10.5. The molecule has 8 heteroatoms. The number of benzene rings is 1. The first kappa shape index (κ1) is 20.2. The highest BCUT2D eigenvalue weighted by molar-refractivity contribution is 6.06. The largest absolute Gasteiger partial charge is 0.493 e. The number of imidazole rings is 1. The van der Waals surface area contributed by atoms with Gasteiger partial charge in [0.2, 0.25) is 0 Å². The van der Waals surface area contributed by atoms with E-state index in [2.05, 4.69) is 39.3 Å². The second-order valence-corrected chi connectivity index (χ2v) is 7.86. The molecule has 4 rings (SSSR count). The van der Waals surface area contributed by atoms with Crippen LogP contribution < -0.4 is 20.3 Å². The molecule has 2 aromatic heterocycles. The van der Waals surface area contributed by atoms with E-state index in [-0.39, 0.29) is 5.91 Å². The third-order valence-electron chi connectivity index (χ3n) is 5.14. The van der Waals surface area contributed by atoms with Crippen molar-refractivity contribution in [3.63, 3.8) is 0 Å². The summed E-state index contributed by atoms with van der Waals surface area (Å²) in [6.07, 6.45) is 5.29. The van der Waals surface area contributed by atoms with Crippen LogP contribution in [0.1, 0.15) is 36.8 Å². The third kappa shape index (κ3) is 4.23. The highest BCUT2D eigenvalue weighted by atomic mass is 16.5. The standard InChI is InChI=1S/C22H28N6O2/c1-5-30-19-8-17(27-10-14(2)24-15(3)11-27)6-7-18(19)22(29)26-20-13-28-12-16(4)25-21(28)9-23-20/h6-9,12-15,24H,5,10-11H2,1-4H3,(H,26,29). The smallest absolute Gasteiger partial charge is 0.260 e. The zero-order valence-electron chi connectivity index (χ0n) is 17.8. The molecule has 2 N–H and O–H groups in total. The van der Waals surface area contributed by atoms with Gasteiger partial charge in [-0.05, 0) is 39.8 Å². The van der Waals surface area contributed by atoms with Gasteiger partial charge in [-0.15, -0.1) is 0 Å². The first-order chi connectivity index (χ1) is 14.4. The maximum absolute atomic E-state index is 13.0. The Morgan fingerprint density at radius 1 is 1.27 bits per heavy atom. The zero-order chi connectivity index (χ0) is 21.3. The van der Waals surface area contributed by atoms with Crippen molar-refractivity contribution in [2.75, 3.05) is 29.9 Å². The van der Waals surface area contributed by atoms with Gasteiger partial charge in [0.1, 0.15) is 11.6 Å². The SMILES string of the molecule is CCOc1cc(N2CC(C)NC(C)C2)ccc1C(=O)Nc1cn2cc(C)nc2cn1. The number of ether oxygens (including phenoxy) is 1. The molecule has 30 heavy (non-hydrogen) atoms. The van der Waals surface area contributed by atoms with E-state index in [4.69, 9.17) is 4.74 Å². The van der Waals surface area contributed by atoms with Crippen molar-refractivity contribution in [1.29, 1.82) is 0 Å². The number of piperazine rings is 1. The quantitative estimate of drug-likeness (QED) is 0.675. The lowest BCUT2D eigenvalue weighted by Gasteiger charge is -2.37. The monoisotopic (exact) mass is 408 g/mol. The number of fused-ring (bicyclic) bond motifs is 1. The Kier molecular flexibility index (Phi) is 5.59. The maximum atomic E-state index is 13.0. The van der Waals surface area contributed by atoms with Crippen LogP contribution in [0.2, 0.25) is 0 Å². The molecule has 158 valence electrons. The molecule has 0 radical (unpaired) electrons. The van der Waals surface area contributed by atoms with E-state index in [1.165, 1.54) is 0 Å². The van der Waals surface area contributed by atoms with Gasteiger partial charge in [-0.3, -0.25) is 4.79 Å². The molecule has 2 atom stereocenters. The minimum Gasteiger partial charge on any atom is -0.493 e. The number of hydrogen-bond donors (Lipinski definition) is 2. The Bertz CT molecular complexity index is 1050. The Morgan fingerprint density at radius 2 is 2.03 bits per heavy atom.